The summed E-state index contributed by atoms with van der Waals surface area (Å²) in [5.41, 5.74) is 1.13. The minimum Gasteiger partial charge on any atom is -0.506 e. The standard InChI is InChI=1S/C25H22Cl2N2O6S/c1-5-35-24(32)20-12(2)28-25-29(21(20)13-6-7-17(33-3)18(9-13)34-4)23(31)19(36-25)10-14-8-15(26)11-16(27)22(14)30/h6-11,21,30H,5H2,1-4H3/t21-/m1/s1. The number of esters is 1. The average molecular weight is 549 g/mol. The Morgan fingerprint density at radius 3 is 2.58 bits per heavy atom. The van der Waals surface area contributed by atoms with Gasteiger partial charge in [0.25, 0.3) is 5.56 Å². The summed E-state index contributed by atoms with van der Waals surface area (Å²) < 4.78 is 17.8. The number of carbonyl (C=O) groups excluding carboxylic acids is 1. The number of benzene rings is 2. The van der Waals surface area contributed by atoms with E-state index >= 15 is 0 Å². The van der Waals surface area contributed by atoms with Gasteiger partial charge in [-0.3, -0.25) is 9.36 Å². The molecule has 0 fully saturated rings. The van der Waals surface area contributed by atoms with Crippen LogP contribution in [0.4, 0.5) is 0 Å². The predicted octanol–water partition coefficient (Wildman–Crippen LogP) is 3.83. The SMILES string of the molecule is CCOC(=O)C1=C(C)N=c2sc(=Cc3cc(Cl)cc(Cl)c3O)c(=O)n2[C@@H]1c1ccc(OC)c(OC)c1. The molecule has 0 saturated heterocycles. The molecule has 0 spiro atoms. The number of halogens is 2. The van der Waals surface area contributed by atoms with E-state index in [-0.39, 0.29) is 33.0 Å². The minimum atomic E-state index is -0.834. The van der Waals surface area contributed by atoms with Gasteiger partial charge < -0.3 is 19.3 Å². The van der Waals surface area contributed by atoms with Crippen LogP contribution in [0, 0.1) is 0 Å². The number of aromatic nitrogens is 1. The molecule has 0 radical (unpaired) electrons. The van der Waals surface area contributed by atoms with E-state index in [1.54, 1.807) is 32.0 Å². The largest absolute Gasteiger partial charge is 0.506 e. The highest BCUT2D eigenvalue weighted by Gasteiger charge is 2.34. The van der Waals surface area contributed by atoms with E-state index in [0.717, 1.165) is 11.3 Å². The van der Waals surface area contributed by atoms with Crippen molar-refractivity contribution >= 4 is 46.6 Å². The van der Waals surface area contributed by atoms with E-state index in [4.69, 9.17) is 37.4 Å². The van der Waals surface area contributed by atoms with Crippen LogP contribution in [0.1, 0.15) is 31.0 Å². The van der Waals surface area contributed by atoms with Gasteiger partial charge in [0.2, 0.25) is 0 Å². The highest BCUT2D eigenvalue weighted by atomic mass is 35.5. The number of nitrogens with zero attached hydrogens (tertiary/aromatic N) is 2. The van der Waals surface area contributed by atoms with E-state index in [1.165, 1.54) is 37.0 Å². The Bertz CT molecular complexity index is 1570. The van der Waals surface area contributed by atoms with Crippen LogP contribution in [-0.2, 0) is 9.53 Å². The predicted molar refractivity (Wildman–Crippen MR) is 138 cm³/mol. The maximum absolute atomic E-state index is 13.7. The van der Waals surface area contributed by atoms with Crippen molar-refractivity contribution in [2.45, 2.75) is 19.9 Å². The second-order valence-electron chi connectivity index (χ2n) is 7.74. The van der Waals surface area contributed by atoms with Gasteiger partial charge in [0, 0.05) is 10.6 Å². The van der Waals surface area contributed by atoms with Gasteiger partial charge in [-0.05, 0) is 49.8 Å². The number of fused-ring (bicyclic) bond motifs is 1. The van der Waals surface area contributed by atoms with Crippen molar-refractivity contribution in [2.75, 3.05) is 20.8 Å². The molecule has 1 atom stereocenters. The molecule has 4 rings (SSSR count). The first-order valence-electron chi connectivity index (χ1n) is 10.8. The highest BCUT2D eigenvalue weighted by Crippen LogP contribution is 2.36. The van der Waals surface area contributed by atoms with Crippen molar-refractivity contribution in [1.29, 1.82) is 0 Å². The molecular formula is C25H22Cl2N2O6S. The maximum atomic E-state index is 13.7. The Labute approximate surface area is 220 Å². The number of rotatable bonds is 6. The molecule has 0 amide bonds. The first-order chi connectivity index (χ1) is 17.2. The van der Waals surface area contributed by atoms with Crippen LogP contribution in [0.2, 0.25) is 10.0 Å². The lowest BCUT2D eigenvalue weighted by atomic mass is 9.95. The molecule has 1 aliphatic heterocycles. The van der Waals surface area contributed by atoms with Crippen LogP contribution in [0.15, 0.2) is 51.4 Å². The van der Waals surface area contributed by atoms with Crippen molar-refractivity contribution in [1.82, 2.24) is 4.57 Å². The third-order valence-corrected chi connectivity index (χ3v) is 7.07. The quantitative estimate of drug-likeness (QED) is 0.470. The Balaban J connectivity index is 2.00. The van der Waals surface area contributed by atoms with Crippen molar-refractivity contribution in [2.24, 2.45) is 4.99 Å². The van der Waals surface area contributed by atoms with Crippen LogP contribution < -0.4 is 24.4 Å². The first kappa shape index (κ1) is 25.8. The van der Waals surface area contributed by atoms with E-state index in [0.29, 0.717) is 32.6 Å². The number of methoxy groups -OCH3 is 2. The lowest BCUT2D eigenvalue weighted by Crippen LogP contribution is -2.40. The monoisotopic (exact) mass is 548 g/mol. The molecule has 2 heterocycles. The van der Waals surface area contributed by atoms with Crippen LogP contribution >= 0.6 is 34.5 Å². The molecule has 1 aromatic heterocycles. The van der Waals surface area contributed by atoms with E-state index in [9.17, 15) is 14.7 Å². The summed E-state index contributed by atoms with van der Waals surface area (Å²) >= 11 is 13.3. The lowest BCUT2D eigenvalue weighted by molar-refractivity contribution is -0.139. The van der Waals surface area contributed by atoms with Crippen LogP contribution in [0.25, 0.3) is 6.08 Å². The molecule has 188 valence electrons. The van der Waals surface area contributed by atoms with Gasteiger partial charge in [0.1, 0.15) is 5.75 Å². The van der Waals surface area contributed by atoms with Crippen LogP contribution in [0.3, 0.4) is 0 Å². The van der Waals surface area contributed by atoms with Gasteiger partial charge in [-0.25, -0.2) is 9.79 Å². The smallest absolute Gasteiger partial charge is 0.338 e. The minimum absolute atomic E-state index is 0.0603. The zero-order valence-electron chi connectivity index (χ0n) is 19.8. The molecule has 0 unspecified atom stereocenters. The third-order valence-electron chi connectivity index (χ3n) is 5.58. The molecule has 0 saturated carbocycles. The van der Waals surface area contributed by atoms with Crippen LogP contribution in [-0.4, -0.2) is 36.5 Å². The van der Waals surface area contributed by atoms with Crippen molar-refractivity contribution < 1.29 is 24.1 Å². The maximum Gasteiger partial charge on any atom is 0.338 e. The number of phenols is 1. The molecule has 0 aliphatic carbocycles. The fourth-order valence-corrected chi connectivity index (χ4v) is 5.51. The summed E-state index contributed by atoms with van der Waals surface area (Å²) in [7, 11) is 3.02. The molecule has 8 nitrogen and oxygen atoms in total. The summed E-state index contributed by atoms with van der Waals surface area (Å²) in [5, 5.41) is 10.8. The normalized spacial score (nSPS) is 15.4. The number of carbonyl (C=O) groups is 1. The number of aromatic hydroxyl groups is 1. The lowest BCUT2D eigenvalue weighted by Gasteiger charge is -2.25. The number of hydrogen-bond donors (Lipinski definition) is 1. The summed E-state index contributed by atoms with van der Waals surface area (Å²) in [5.74, 6) is 0.160. The van der Waals surface area contributed by atoms with E-state index in [1.807, 2.05) is 0 Å². The summed E-state index contributed by atoms with van der Waals surface area (Å²) in [6, 6.07) is 7.24. The Kier molecular flexibility index (Phi) is 7.44. The Morgan fingerprint density at radius 2 is 1.92 bits per heavy atom. The fourth-order valence-electron chi connectivity index (χ4n) is 3.97. The topological polar surface area (TPSA) is 99.4 Å². The molecule has 2 aromatic carbocycles. The Hall–Kier alpha value is -3.27. The highest BCUT2D eigenvalue weighted by molar-refractivity contribution is 7.07. The van der Waals surface area contributed by atoms with Gasteiger partial charge in [-0.2, -0.15) is 0 Å². The van der Waals surface area contributed by atoms with Crippen molar-refractivity contribution in [3.63, 3.8) is 0 Å². The summed E-state index contributed by atoms with van der Waals surface area (Å²) in [6.07, 6.45) is 1.49. The zero-order chi connectivity index (χ0) is 26.1. The van der Waals surface area contributed by atoms with E-state index in [2.05, 4.69) is 4.99 Å². The summed E-state index contributed by atoms with van der Waals surface area (Å²) in [6.45, 7) is 3.56. The van der Waals surface area contributed by atoms with Gasteiger partial charge in [0.15, 0.2) is 16.3 Å². The van der Waals surface area contributed by atoms with Crippen molar-refractivity contribution in [3.05, 3.63) is 82.5 Å². The average Bonchev–Trinajstić information content (AvgIpc) is 3.15. The van der Waals surface area contributed by atoms with Gasteiger partial charge in [-0.15, -0.1) is 0 Å². The van der Waals surface area contributed by atoms with Crippen LogP contribution in [0.5, 0.6) is 17.2 Å². The number of phenolic OH excluding ortho intramolecular Hbond substituents is 1. The molecule has 0 bridgehead atoms. The number of hydrogen-bond acceptors (Lipinski definition) is 8. The zero-order valence-corrected chi connectivity index (χ0v) is 22.1. The molecule has 3 aromatic rings. The third kappa shape index (κ3) is 4.61. The van der Waals surface area contributed by atoms with Gasteiger partial charge in [0.05, 0.1) is 47.7 Å². The number of allylic oxidation sites excluding steroid dienone is 1. The summed E-state index contributed by atoms with van der Waals surface area (Å²) in [4.78, 5) is 31.6. The fraction of sp³-hybridized carbons (Fsp3) is 0.240. The molecule has 11 heteroatoms. The second-order valence-corrected chi connectivity index (χ2v) is 9.59. The number of ether oxygens (including phenoxy) is 3. The van der Waals surface area contributed by atoms with Gasteiger partial charge in [-0.1, -0.05) is 40.6 Å². The number of thiazole rings is 1. The Morgan fingerprint density at radius 1 is 1.19 bits per heavy atom. The first-order valence-corrected chi connectivity index (χ1v) is 12.4. The molecule has 36 heavy (non-hydrogen) atoms. The van der Waals surface area contributed by atoms with E-state index < -0.39 is 17.6 Å². The molecule has 1 N–H and O–H groups in total. The molecule has 1 aliphatic rings. The van der Waals surface area contributed by atoms with Gasteiger partial charge >= 0.3 is 5.97 Å². The second kappa shape index (κ2) is 10.4. The molecular weight excluding hydrogens is 527 g/mol. The van der Waals surface area contributed by atoms with Crippen molar-refractivity contribution in [3.8, 4) is 17.2 Å².